The van der Waals surface area contributed by atoms with Gasteiger partial charge < -0.3 is 15.3 Å². The lowest BCUT2D eigenvalue weighted by molar-refractivity contribution is 0.0692. The Labute approximate surface area is 247 Å². The van der Waals surface area contributed by atoms with Crippen LogP contribution in [-0.2, 0) is 10.8 Å². The number of aliphatic hydroxyl groups is 2. The number of carboxylic acid groups (broad SMARTS) is 1. The summed E-state index contributed by atoms with van der Waals surface area (Å²) in [6.45, 7) is 0.449. The monoisotopic (exact) mass is 624 g/mol. The molecule has 0 atom stereocenters. The lowest BCUT2D eigenvalue weighted by Crippen LogP contribution is -2.26. The van der Waals surface area contributed by atoms with Gasteiger partial charge in [-0.05, 0) is 66.6 Å². The molecule has 3 aromatic carbocycles. The van der Waals surface area contributed by atoms with Crippen molar-refractivity contribution in [1.29, 1.82) is 0 Å². The van der Waals surface area contributed by atoms with Gasteiger partial charge in [0.15, 0.2) is 5.69 Å². The number of aliphatic hydroxyl groups excluding tert-OH is 2. The van der Waals surface area contributed by atoms with Crippen molar-refractivity contribution in [2.75, 3.05) is 13.2 Å². The van der Waals surface area contributed by atoms with Gasteiger partial charge >= 0.3 is 5.97 Å². The van der Waals surface area contributed by atoms with Crippen LogP contribution in [0.4, 0.5) is 0 Å². The fraction of sp³-hybridized carbons (Fsp3) is 0.375. The van der Waals surface area contributed by atoms with Gasteiger partial charge in [0.1, 0.15) is 0 Å². The highest BCUT2D eigenvalue weighted by molar-refractivity contribution is 9.10. The molecule has 2 fully saturated rings. The number of halogens is 2. The predicted octanol–water partition coefficient (Wildman–Crippen LogP) is 7.64. The summed E-state index contributed by atoms with van der Waals surface area (Å²) in [5.74, 6) is -1.08. The molecule has 2 aliphatic rings. The van der Waals surface area contributed by atoms with Crippen molar-refractivity contribution in [3.63, 3.8) is 0 Å². The Bertz CT molecular complexity index is 1470. The number of aromatic amines is 1. The number of carboxylic acids is 1. The lowest BCUT2D eigenvalue weighted by Gasteiger charge is -2.27. The van der Waals surface area contributed by atoms with Crippen LogP contribution < -0.4 is 0 Å². The van der Waals surface area contributed by atoms with E-state index in [2.05, 4.69) is 50.4 Å². The van der Waals surface area contributed by atoms with Crippen molar-refractivity contribution < 1.29 is 20.1 Å². The van der Waals surface area contributed by atoms with Crippen LogP contribution in [0.15, 0.2) is 65.1 Å². The summed E-state index contributed by atoms with van der Waals surface area (Å²) < 4.78 is 1.10. The van der Waals surface area contributed by atoms with Crippen LogP contribution in [0.25, 0.3) is 22.0 Å². The molecule has 8 heteroatoms. The quantitative estimate of drug-likeness (QED) is 0.176. The SMILES string of the molecule is O=C(O)c1n[nH]c2cc(Cl)c(-c3ccc(C4(CO)CCCC4)cc3)cc12.OCC1(c2ccc(Br)cc2)CCCC1. The predicted molar refractivity (Wildman–Crippen MR) is 162 cm³/mol. The highest BCUT2D eigenvalue weighted by Gasteiger charge is 2.35. The van der Waals surface area contributed by atoms with Gasteiger partial charge in [0.2, 0.25) is 0 Å². The molecule has 0 radical (unpaired) electrons. The van der Waals surface area contributed by atoms with Crippen LogP contribution in [0.1, 0.15) is 73.0 Å². The van der Waals surface area contributed by atoms with E-state index in [4.69, 9.17) is 11.6 Å². The third kappa shape index (κ3) is 5.57. The van der Waals surface area contributed by atoms with E-state index in [1.165, 1.54) is 18.4 Å². The minimum atomic E-state index is -1.08. The van der Waals surface area contributed by atoms with Crippen molar-refractivity contribution in [2.45, 2.75) is 62.2 Å². The normalized spacial score (nSPS) is 17.5. The number of H-pyrrole nitrogens is 1. The molecule has 6 nitrogen and oxygen atoms in total. The number of nitrogens with one attached hydrogen (secondary N) is 1. The van der Waals surface area contributed by atoms with E-state index in [9.17, 15) is 20.1 Å². The Kier molecular flexibility index (Phi) is 8.66. The van der Waals surface area contributed by atoms with Crippen molar-refractivity contribution in [3.8, 4) is 11.1 Å². The number of hydrogen-bond donors (Lipinski definition) is 4. The van der Waals surface area contributed by atoms with Crippen LogP contribution in [0.5, 0.6) is 0 Å². The Morgan fingerprint density at radius 2 is 1.35 bits per heavy atom. The molecule has 2 aliphatic carbocycles. The van der Waals surface area contributed by atoms with Crippen LogP contribution >= 0.6 is 27.5 Å². The van der Waals surface area contributed by atoms with Gasteiger partial charge in [0.25, 0.3) is 0 Å². The summed E-state index contributed by atoms with van der Waals surface area (Å²) in [6.07, 6.45) is 9.05. The van der Waals surface area contributed by atoms with Gasteiger partial charge in [-0.15, -0.1) is 0 Å². The molecule has 2 saturated carbocycles. The number of hydrogen-bond acceptors (Lipinski definition) is 4. The maximum atomic E-state index is 11.3. The van der Waals surface area contributed by atoms with Crippen LogP contribution in [0.3, 0.4) is 0 Å². The second kappa shape index (κ2) is 12.0. The summed E-state index contributed by atoms with van der Waals surface area (Å²) in [5, 5.41) is 36.3. The zero-order chi connectivity index (χ0) is 28.3. The second-order valence-corrected chi connectivity index (χ2v) is 12.5. The molecule has 1 heterocycles. The maximum Gasteiger partial charge on any atom is 0.357 e. The molecule has 4 N–H and O–H groups in total. The first-order chi connectivity index (χ1) is 19.3. The molecular formula is C32H34BrClN2O4. The van der Waals surface area contributed by atoms with Gasteiger partial charge in [0, 0.05) is 26.3 Å². The van der Waals surface area contributed by atoms with Gasteiger partial charge in [0.05, 0.1) is 23.8 Å². The van der Waals surface area contributed by atoms with E-state index in [-0.39, 0.29) is 29.7 Å². The number of rotatable bonds is 6. The largest absolute Gasteiger partial charge is 0.476 e. The molecule has 0 saturated heterocycles. The second-order valence-electron chi connectivity index (χ2n) is 11.1. The average Bonchev–Trinajstić information content (AvgIpc) is 3.74. The van der Waals surface area contributed by atoms with Crippen LogP contribution in [0.2, 0.25) is 5.02 Å². The zero-order valence-electron chi connectivity index (χ0n) is 22.3. The van der Waals surface area contributed by atoms with E-state index in [0.717, 1.165) is 59.7 Å². The maximum absolute atomic E-state index is 11.3. The van der Waals surface area contributed by atoms with Crippen molar-refractivity contribution >= 4 is 44.4 Å². The Morgan fingerprint density at radius 1 is 0.850 bits per heavy atom. The highest BCUT2D eigenvalue weighted by atomic mass is 79.9. The van der Waals surface area contributed by atoms with Gasteiger partial charge in [-0.3, -0.25) is 5.10 Å². The Hall–Kier alpha value is -2.71. The molecule has 4 aromatic rings. The lowest BCUT2D eigenvalue weighted by atomic mass is 9.79. The third-order valence-corrected chi connectivity index (χ3v) is 9.69. The first-order valence-electron chi connectivity index (χ1n) is 13.8. The highest BCUT2D eigenvalue weighted by Crippen LogP contribution is 2.42. The molecule has 1 aromatic heterocycles. The smallest absolute Gasteiger partial charge is 0.357 e. The fourth-order valence-electron chi connectivity index (χ4n) is 6.41. The summed E-state index contributed by atoms with van der Waals surface area (Å²) in [7, 11) is 0. The van der Waals surface area contributed by atoms with Crippen molar-refractivity contribution in [3.05, 3.63) is 87.0 Å². The number of carbonyl (C=O) groups is 1. The number of nitrogens with zero attached hydrogens (tertiary/aromatic N) is 1. The number of fused-ring (bicyclic) bond motifs is 1. The van der Waals surface area contributed by atoms with Crippen molar-refractivity contribution in [1.82, 2.24) is 10.2 Å². The van der Waals surface area contributed by atoms with E-state index in [0.29, 0.717) is 15.9 Å². The minimum Gasteiger partial charge on any atom is -0.476 e. The molecule has 0 bridgehead atoms. The summed E-state index contributed by atoms with van der Waals surface area (Å²) >= 11 is 9.84. The summed E-state index contributed by atoms with van der Waals surface area (Å²) in [4.78, 5) is 11.3. The Balaban J connectivity index is 0.000000194. The zero-order valence-corrected chi connectivity index (χ0v) is 24.6. The molecular weight excluding hydrogens is 592 g/mol. The number of aromatic carboxylic acids is 1. The minimum absolute atomic E-state index is 0.0141. The molecule has 0 aliphatic heterocycles. The van der Waals surface area contributed by atoms with Gasteiger partial charge in [-0.2, -0.15) is 5.10 Å². The molecule has 0 amide bonds. The van der Waals surface area contributed by atoms with Crippen LogP contribution in [0, 0.1) is 0 Å². The van der Waals surface area contributed by atoms with E-state index in [1.807, 2.05) is 24.3 Å². The molecule has 0 spiro atoms. The van der Waals surface area contributed by atoms with Crippen molar-refractivity contribution in [2.24, 2.45) is 0 Å². The summed E-state index contributed by atoms with van der Waals surface area (Å²) in [5.41, 5.74) is 4.61. The molecule has 40 heavy (non-hydrogen) atoms. The van der Waals surface area contributed by atoms with Crippen LogP contribution in [-0.4, -0.2) is 44.7 Å². The van der Waals surface area contributed by atoms with Gasteiger partial charge in [-0.25, -0.2) is 4.79 Å². The van der Waals surface area contributed by atoms with E-state index in [1.54, 1.807) is 12.1 Å². The standard InChI is InChI=1S/C20H19ClN2O3.C12H15BrO/c21-16-10-17-15(18(19(25)26)23-22-17)9-14(16)12-3-5-13(6-4-12)20(11-24)7-1-2-8-20;13-11-5-3-10(4-6-11)12(9-14)7-1-2-8-12/h3-6,9-10,24H,1-2,7-8,11H2,(H,22,23)(H,25,26);3-6,14H,1-2,7-9H2. The van der Waals surface area contributed by atoms with E-state index >= 15 is 0 Å². The topological polar surface area (TPSA) is 106 Å². The summed E-state index contributed by atoms with van der Waals surface area (Å²) in [6, 6.07) is 19.9. The Morgan fingerprint density at radius 3 is 1.82 bits per heavy atom. The molecule has 210 valence electrons. The molecule has 0 unspecified atom stereocenters. The number of benzene rings is 3. The number of aromatic nitrogens is 2. The van der Waals surface area contributed by atoms with E-state index < -0.39 is 5.97 Å². The van der Waals surface area contributed by atoms with Gasteiger partial charge in [-0.1, -0.05) is 89.6 Å². The first kappa shape index (κ1) is 28.8. The molecule has 6 rings (SSSR count). The first-order valence-corrected chi connectivity index (χ1v) is 15.0. The average molecular weight is 626 g/mol. The third-order valence-electron chi connectivity index (χ3n) is 8.84. The fourth-order valence-corrected chi connectivity index (χ4v) is 6.95.